The highest BCUT2D eigenvalue weighted by atomic mass is 32.1. The summed E-state index contributed by atoms with van der Waals surface area (Å²) in [6.07, 6.45) is 8.54. The molecule has 1 aliphatic heterocycles. The van der Waals surface area contributed by atoms with E-state index in [1.807, 2.05) is 67.6 Å². The summed E-state index contributed by atoms with van der Waals surface area (Å²) in [5.41, 5.74) is 5.16. The van der Waals surface area contributed by atoms with Crippen LogP contribution in [0, 0.1) is 13.8 Å². The second-order valence-corrected chi connectivity index (χ2v) is 8.96. The van der Waals surface area contributed by atoms with Crippen molar-refractivity contribution in [2.45, 2.75) is 39.2 Å². The molecule has 1 atom stereocenters. The van der Waals surface area contributed by atoms with Gasteiger partial charge in [0.05, 0.1) is 16.6 Å². The van der Waals surface area contributed by atoms with Crippen molar-refractivity contribution >= 4 is 23.2 Å². The van der Waals surface area contributed by atoms with Crippen LogP contribution in [0.5, 0.6) is 0 Å². The van der Waals surface area contributed by atoms with Crippen molar-refractivity contribution in [3.8, 4) is 11.1 Å². The van der Waals surface area contributed by atoms with Gasteiger partial charge in [0, 0.05) is 44.8 Å². The minimum Gasteiger partial charge on any atom is -0.347 e. The molecular formula is C23H27N5OS. The summed E-state index contributed by atoms with van der Waals surface area (Å²) in [6.45, 7) is 4.82. The molecule has 156 valence electrons. The highest BCUT2D eigenvalue weighted by Crippen LogP contribution is 2.38. The first-order valence-corrected chi connectivity index (χ1v) is 11.1. The van der Waals surface area contributed by atoms with Crippen molar-refractivity contribution in [2.24, 2.45) is 0 Å². The van der Waals surface area contributed by atoms with Gasteiger partial charge in [0.15, 0.2) is 0 Å². The summed E-state index contributed by atoms with van der Waals surface area (Å²) in [4.78, 5) is 31.9. The summed E-state index contributed by atoms with van der Waals surface area (Å²) < 4.78 is 0. The molecular weight excluding hydrogens is 394 g/mol. The SMILES string of the molecule is Cc1csc(C(=O)N2CCCC[C@@H]2c2nc(N(C)C)ncc2-c2ccncc2C)c1. The number of thiophene rings is 1. The van der Waals surface area contributed by atoms with Crippen molar-refractivity contribution in [2.75, 3.05) is 25.5 Å². The number of carbonyl (C=O) groups excluding carboxylic acids is 1. The zero-order chi connectivity index (χ0) is 21.3. The number of hydrogen-bond donors (Lipinski definition) is 0. The van der Waals surface area contributed by atoms with Crippen LogP contribution in [-0.2, 0) is 0 Å². The number of hydrogen-bond acceptors (Lipinski definition) is 6. The van der Waals surface area contributed by atoms with Gasteiger partial charge in [0.25, 0.3) is 5.91 Å². The van der Waals surface area contributed by atoms with E-state index >= 15 is 0 Å². The average molecular weight is 422 g/mol. The Morgan fingerprint density at radius 1 is 1.20 bits per heavy atom. The Kier molecular flexibility index (Phi) is 5.81. The maximum Gasteiger partial charge on any atom is 0.264 e. The maximum absolute atomic E-state index is 13.4. The molecule has 7 heteroatoms. The van der Waals surface area contributed by atoms with Crippen LogP contribution in [0.25, 0.3) is 11.1 Å². The fraction of sp³-hybridized carbons (Fsp3) is 0.391. The zero-order valence-corrected chi connectivity index (χ0v) is 18.7. The van der Waals surface area contributed by atoms with Crippen molar-refractivity contribution in [3.63, 3.8) is 0 Å². The first kappa shape index (κ1) is 20.5. The molecule has 6 nitrogen and oxygen atoms in total. The van der Waals surface area contributed by atoms with Crippen LogP contribution < -0.4 is 4.90 Å². The largest absolute Gasteiger partial charge is 0.347 e. The normalized spacial score (nSPS) is 16.5. The van der Waals surface area contributed by atoms with Gasteiger partial charge in [0.2, 0.25) is 5.95 Å². The van der Waals surface area contributed by atoms with Gasteiger partial charge in [-0.3, -0.25) is 9.78 Å². The summed E-state index contributed by atoms with van der Waals surface area (Å²) in [7, 11) is 3.88. The number of piperidine rings is 1. The molecule has 0 bridgehead atoms. The van der Waals surface area contributed by atoms with Gasteiger partial charge in [-0.2, -0.15) is 0 Å². The standard InChI is InChI=1S/C23H27N5OS/c1-15-11-20(30-14-15)22(29)28-10-6-5-7-19(28)21-18(13-25-23(26-21)27(3)4)17-8-9-24-12-16(17)2/h8-9,11-14,19H,5-7,10H2,1-4H3/t19-/m1/s1. The van der Waals surface area contributed by atoms with Crippen LogP contribution in [0.3, 0.4) is 0 Å². The number of pyridine rings is 1. The van der Waals surface area contributed by atoms with Crippen molar-refractivity contribution in [1.82, 2.24) is 19.9 Å². The molecule has 0 saturated carbocycles. The van der Waals surface area contributed by atoms with Crippen LogP contribution in [0.2, 0.25) is 0 Å². The molecule has 1 amide bonds. The number of aryl methyl sites for hydroxylation is 2. The van der Waals surface area contributed by atoms with Crippen molar-refractivity contribution < 1.29 is 4.79 Å². The lowest BCUT2D eigenvalue weighted by molar-refractivity contribution is 0.0612. The van der Waals surface area contributed by atoms with E-state index in [1.54, 1.807) is 6.20 Å². The lowest BCUT2D eigenvalue weighted by Gasteiger charge is -2.36. The molecule has 1 saturated heterocycles. The Bertz CT molecular complexity index is 1060. The number of anilines is 1. The minimum atomic E-state index is -0.0714. The van der Waals surface area contributed by atoms with Gasteiger partial charge < -0.3 is 9.80 Å². The molecule has 1 fully saturated rings. The first-order valence-electron chi connectivity index (χ1n) is 10.3. The lowest BCUT2D eigenvalue weighted by Crippen LogP contribution is -2.39. The van der Waals surface area contributed by atoms with E-state index in [0.717, 1.165) is 58.6 Å². The fourth-order valence-corrected chi connectivity index (χ4v) is 4.83. The van der Waals surface area contributed by atoms with Gasteiger partial charge in [-0.25, -0.2) is 9.97 Å². The van der Waals surface area contributed by atoms with Gasteiger partial charge >= 0.3 is 0 Å². The third kappa shape index (κ3) is 3.94. The van der Waals surface area contributed by atoms with Crippen LogP contribution in [0.15, 0.2) is 36.1 Å². The number of aromatic nitrogens is 3. The number of likely N-dealkylation sites (tertiary alicyclic amines) is 1. The van der Waals surface area contributed by atoms with Crippen molar-refractivity contribution in [3.05, 3.63) is 57.8 Å². The molecule has 0 spiro atoms. The van der Waals surface area contributed by atoms with Gasteiger partial charge in [-0.05, 0) is 67.3 Å². The van der Waals surface area contributed by atoms with E-state index in [4.69, 9.17) is 4.98 Å². The van der Waals surface area contributed by atoms with Crippen LogP contribution >= 0.6 is 11.3 Å². The van der Waals surface area contributed by atoms with Crippen LogP contribution in [0.4, 0.5) is 5.95 Å². The molecule has 0 aliphatic carbocycles. The molecule has 3 aromatic rings. The van der Waals surface area contributed by atoms with E-state index in [2.05, 4.69) is 9.97 Å². The molecule has 4 heterocycles. The van der Waals surface area contributed by atoms with E-state index < -0.39 is 0 Å². The molecule has 0 radical (unpaired) electrons. The topological polar surface area (TPSA) is 62.2 Å². The van der Waals surface area contributed by atoms with Crippen LogP contribution in [0.1, 0.15) is 51.8 Å². The fourth-order valence-electron chi connectivity index (χ4n) is 3.98. The molecule has 3 aromatic heterocycles. The Balaban J connectivity index is 1.82. The molecule has 0 unspecified atom stereocenters. The third-order valence-corrected chi connectivity index (χ3v) is 6.57. The van der Waals surface area contributed by atoms with Gasteiger partial charge in [-0.15, -0.1) is 11.3 Å². The zero-order valence-electron chi connectivity index (χ0n) is 17.9. The van der Waals surface area contributed by atoms with E-state index in [9.17, 15) is 4.79 Å². The number of nitrogens with zero attached hydrogens (tertiary/aromatic N) is 5. The highest BCUT2D eigenvalue weighted by Gasteiger charge is 2.33. The minimum absolute atomic E-state index is 0.0714. The molecule has 4 rings (SSSR count). The van der Waals surface area contributed by atoms with Gasteiger partial charge in [-0.1, -0.05) is 0 Å². The molecule has 1 aliphatic rings. The summed E-state index contributed by atoms with van der Waals surface area (Å²) >= 11 is 1.52. The summed E-state index contributed by atoms with van der Waals surface area (Å²) in [5, 5.41) is 2.03. The quantitative estimate of drug-likeness (QED) is 0.614. The molecule has 0 aromatic carbocycles. The first-order chi connectivity index (χ1) is 14.5. The molecule has 30 heavy (non-hydrogen) atoms. The Morgan fingerprint density at radius 3 is 2.73 bits per heavy atom. The Hall–Kier alpha value is -2.80. The second-order valence-electron chi connectivity index (χ2n) is 8.05. The average Bonchev–Trinajstić information content (AvgIpc) is 3.19. The molecule has 0 N–H and O–H groups in total. The van der Waals surface area contributed by atoms with E-state index in [0.29, 0.717) is 5.95 Å². The Labute approximate surface area is 181 Å². The number of rotatable bonds is 4. The second kappa shape index (κ2) is 8.52. The van der Waals surface area contributed by atoms with E-state index in [1.165, 1.54) is 11.3 Å². The number of amides is 1. The summed E-state index contributed by atoms with van der Waals surface area (Å²) in [5.74, 6) is 0.755. The Morgan fingerprint density at radius 2 is 2.03 bits per heavy atom. The lowest BCUT2D eigenvalue weighted by atomic mass is 9.92. The monoisotopic (exact) mass is 421 g/mol. The predicted octanol–water partition coefficient (Wildman–Crippen LogP) is 4.65. The number of carbonyl (C=O) groups is 1. The smallest absolute Gasteiger partial charge is 0.264 e. The predicted molar refractivity (Wildman–Crippen MR) is 121 cm³/mol. The van der Waals surface area contributed by atoms with Gasteiger partial charge in [0.1, 0.15) is 0 Å². The highest BCUT2D eigenvalue weighted by molar-refractivity contribution is 7.12. The van der Waals surface area contributed by atoms with E-state index in [-0.39, 0.29) is 11.9 Å². The third-order valence-electron chi connectivity index (χ3n) is 5.54. The van der Waals surface area contributed by atoms with Crippen molar-refractivity contribution in [1.29, 1.82) is 0 Å². The summed E-state index contributed by atoms with van der Waals surface area (Å²) in [6, 6.07) is 3.92. The maximum atomic E-state index is 13.4. The van der Waals surface area contributed by atoms with Crippen LogP contribution in [-0.4, -0.2) is 46.4 Å².